The number of H-pyrrole nitrogens is 1. The Kier molecular flexibility index (Phi) is 6.93. The first-order valence-electron chi connectivity index (χ1n) is 9.07. The van der Waals surface area contributed by atoms with E-state index in [0.717, 1.165) is 17.3 Å². The van der Waals surface area contributed by atoms with Gasteiger partial charge in [0.1, 0.15) is 11.4 Å². The quantitative estimate of drug-likeness (QED) is 0.366. The van der Waals surface area contributed by atoms with Crippen LogP contribution in [0.25, 0.3) is 0 Å². The van der Waals surface area contributed by atoms with Crippen LogP contribution < -0.4 is 10.1 Å². The van der Waals surface area contributed by atoms with Crippen molar-refractivity contribution in [1.29, 1.82) is 0 Å². The minimum Gasteiger partial charge on any atom is -0.455 e. The third-order valence-electron chi connectivity index (χ3n) is 3.89. The largest absolute Gasteiger partial charge is 0.455 e. The molecule has 1 aromatic heterocycles. The fourth-order valence-corrected chi connectivity index (χ4v) is 3.33. The van der Waals surface area contributed by atoms with Crippen molar-refractivity contribution in [3.05, 3.63) is 66.5 Å². The molecule has 0 spiro atoms. The number of para-hydroxylation sites is 3. The lowest BCUT2D eigenvalue weighted by molar-refractivity contribution is 0.102. The van der Waals surface area contributed by atoms with Crippen molar-refractivity contribution < 1.29 is 9.53 Å². The maximum absolute atomic E-state index is 12.6. The molecule has 0 saturated heterocycles. The van der Waals surface area contributed by atoms with E-state index in [1.807, 2.05) is 54.6 Å². The van der Waals surface area contributed by atoms with Crippen LogP contribution >= 0.6 is 11.8 Å². The number of aromatic amines is 1. The molecule has 0 aliphatic heterocycles. The highest BCUT2D eigenvalue weighted by Gasteiger charge is 2.13. The van der Waals surface area contributed by atoms with Gasteiger partial charge in [0, 0.05) is 5.75 Å². The van der Waals surface area contributed by atoms with Gasteiger partial charge in [0.05, 0.1) is 11.9 Å². The molecule has 1 heterocycles. The standard InChI is InChI=1S/C21H23N3O2S/c1-2-3-9-14-27-21-22-15-18(24-21)20(25)23-17-12-7-8-13-19(17)26-16-10-5-4-6-11-16/h4-8,10-13,15H,2-3,9,14H2,1H3,(H,22,24)(H,23,25). The Bertz CT molecular complexity index is 865. The fourth-order valence-electron chi connectivity index (χ4n) is 2.48. The van der Waals surface area contributed by atoms with Gasteiger partial charge < -0.3 is 15.0 Å². The van der Waals surface area contributed by atoms with E-state index in [1.54, 1.807) is 18.0 Å². The first kappa shape index (κ1) is 19.0. The summed E-state index contributed by atoms with van der Waals surface area (Å²) < 4.78 is 5.88. The smallest absolute Gasteiger partial charge is 0.273 e. The SMILES string of the molecule is CCCCCSc1ncc(C(=O)Nc2ccccc2Oc2ccccc2)[nH]1. The summed E-state index contributed by atoms with van der Waals surface area (Å²) in [4.78, 5) is 19.9. The van der Waals surface area contributed by atoms with Gasteiger partial charge in [0.25, 0.3) is 5.91 Å². The Morgan fingerprint density at radius 2 is 1.89 bits per heavy atom. The number of hydrogen-bond donors (Lipinski definition) is 2. The van der Waals surface area contributed by atoms with Crippen LogP contribution in [0.3, 0.4) is 0 Å². The second-order valence-corrected chi connectivity index (χ2v) is 7.11. The maximum atomic E-state index is 12.6. The van der Waals surface area contributed by atoms with Gasteiger partial charge in [0.15, 0.2) is 10.9 Å². The molecule has 5 nitrogen and oxygen atoms in total. The van der Waals surface area contributed by atoms with Gasteiger partial charge in [0.2, 0.25) is 0 Å². The highest BCUT2D eigenvalue weighted by atomic mass is 32.2. The Hall–Kier alpha value is -2.73. The van der Waals surface area contributed by atoms with E-state index in [-0.39, 0.29) is 5.91 Å². The van der Waals surface area contributed by atoms with Crippen LogP contribution in [0.5, 0.6) is 11.5 Å². The minimum absolute atomic E-state index is 0.244. The predicted molar refractivity (Wildman–Crippen MR) is 110 cm³/mol. The second-order valence-electron chi connectivity index (χ2n) is 6.02. The van der Waals surface area contributed by atoms with Gasteiger partial charge in [-0.3, -0.25) is 4.79 Å². The van der Waals surface area contributed by atoms with Gasteiger partial charge >= 0.3 is 0 Å². The van der Waals surface area contributed by atoms with Crippen molar-refractivity contribution in [3.8, 4) is 11.5 Å². The number of nitrogens with one attached hydrogen (secondary N) is 2. The minimum atomic E-state index is -0.244. The van der Waals surface area contributed by atoms with Crippen LogP contribution in [-0.2, 0) is 0 Å². The number of anilines is 1. The Morgan fingerprint density at radius 1 is 1.11 bits per heavy atom. The average molecular weight is 382 g/mol. The zero-order chi connectivity index (χ0) is 18.9. The van der Waals surface area contributed by atoms with E-state index >= 15 is 0 Å². The number of carbonyl (C=O) groups excluding carboxylic acids is 1. The molecule has 0 radical (unpaired) electrons. The number of rotatable bonds is 9. The van der Waals surface area contributed by atoms with Gasteiger partial charge in [-0.2, -0.15) is 0 Å². The Balaban J connectivity index is 1.63. The van der Waals surface area contributed by atoms with Crippen molar-refractivity contribution in [2.24, 2.45) is 0 Å². The van der Waals surface area contributed by atoms with Crippen LogP contribution in [-0.4, -0.2) is 21.6 Å². The van der Waals surface area contributed by atoms with E-state index in [4.69, 9.17) is 4.74 Å². The number of hydrogen-bond acceptors (Lipinski definition) is 4. The molecule has 0 unspecified atom stereocenters. The lowest BCUT2D eigenvalue weighted by Crippen LogP contribution is -2.13. The second kappa shape index (κ2) is 9.83. The van der Waals surface area contributed by atoms with Crippen molar-refractivity contribution in [2.75, 3.05) is 11.1 Å². The molecule has 3 rings (SSSR count). The average Bonchev–Trinajstić information content (AvgIpc) is 3.17. The number of nitrogens with zero attached hydrogens (tertiary/aromatic N) is 1. The van der Waals surface area contributed by atoms with Gasteiger partial charge in [-0.05, 0) is 30.7 Å². The molecular weight excluding hydrogens is 358 g/mol. The highest BCUT2D eigenvalue weighted by molar-refractivity contribution is 7.99. The topological polar surface area (TPSA) is 67.0 Å². The predicted octanol–water partition coefficient (Wildman–Crippen LogP) is 5.74. The summed E-state index contributed by atoms with van der Waals surface area (Å²) in [6, 6.07) is 16.8. The van der Waals surface area contributed by atoms with Crippen molar-refractivity contribution >= 4 is 23.4 Å². The molecule has 0 aliphatic carbocycles. The number of aromatic nitrogens is 2. The molecule has 0 fully saturated rings. The van der Waals surface area contributed by atoms with Crippen molar-refractivity contribution in [3.63, 3.8) is 0 Å². The number of ether oxygens (including phenoxy) is 1. The van der Waals surface area contributed by atoms with E-state index in [1.165, 1.54) is 12.8 Å². The zero-order valence-electron chi connectivity index (χ0n) is 15.3. The summed E-state index contributed by atoms with van der Waals surface area (Å²) >= 11 is 1.64. The first-order chi connectivity index (χ1) is 13.3. The van der Waals surface area contributed by atoms with Gasteiger partial charge in [-0.15, -0.1) is 0 Å². The third kappa shape index (κ3) is 5.62. The summed E-state index contributed by atoms with van der Waals surface area (Å²) in [6.07, 6.45) is 5.11. The van der Waals surface area contributed by atoms with E-state index in [0.29, 0.717) is 22.9 Å². The third-order valence-corrected chi connectivity index (χ3v) is 4.86. The molecule has 2 aromatic carbocycles. The highest BCUT2D eigenvalue weighted by Crippen LogP contribution is 2.29. The molecule has 2 N–H and O–H groups in total. The molecule has 0 bridgehead atoms. The molecule has 3 aromatic rings. The number of thioether (sulfide) groups is 1. The summed E-state index contributed by atoms with van der Waals surface area (Å²) in [5.74, 6) is 2.06. The van der Waals surface area contributed by atoms with Crippen LogP contribution in [0.2, 0.25) is 0 Å². The molecular formula is C21H23N3O2S. The van der Waals surface area contributed by atoms with Gasteiger partial charge in [-0.1, -0.05) is 61.9 Å². The summed E-state index contributed by atoms with van der Waals surface area (Å²) in [7, 11) is 0. The Labute approximate surface area is 163 Å². The van der Waals surface area contributed by atoms with E-state index in [2.05, 4.69) is 22.2 Å². The maximum Gasteiger partial charge on any atom is 0.273 e. The van der Waals surface area contributed by atoms with E-state index < -0.39 is 0 Å². The van der Waals surface area contributed by atoms with E-state index in [9.17, 15) is 4.79 Å². The normalized spacial score (nSPS) is 10.6. The fraction of sp³-hybridized carbons (Fsp3) is 0.238. The van der Waals surface area contributed by atoms with Crippen LogP contribution in [0.4, 0.5) is 5.69 Å². The zero-order valence-corrected chi connectivity index (χ0v) is 16.1. The lowest BCUT2D eigenvalue weighted by atomic mass is 10.2. The number of amides is 1. The monoisotopic (exact) mass is 381 g/mol. The summed E-state index contributed by atoms with van der Waals surface area (Å²) in [5, 5.41) is 3.66. The van der Waals surface area contributed by atoms with Crippen LogP contribution in [0.15, 0.2) is 66.0 Å². The molecule has 1 amide bonds. The molecule has 27 heavy (non-hydrogen) atoms. The van der Waals surface area contributed by atoms with Gasteiger partial charge in [-0.25, -0.2) is 4.98 Å². The molecule has 0 atom stereocenters. The molecule has 140 valence electrons. The lowest BCUT2D eigenvalue weighted by Gasteiger charge is -2.11. The number of imidazole rings is 1. The molecule has 0 saturated carbocycles. The Morgan fingerprint density at radius 3 is 2.70 bits per heavy atom. The van der Waals surface area contributed by atoms with Crippen molar-refractivity contribution in [1.82, 2.24) is 9.97 Å². The first-order valence-corrected chi connectivity index (χ1v) is 10.1. The number of unbranched alkanes of at least 4 members (excludes halogenated alkanes) is 2. The number of benzene rings is 2. The van der Waals surface area contributed by atoms with Crippen LogP contribution in [0.1, 0.15) is 36.7 Å². The molecule has 0 aliphatic rings. The molecule has 6 heteroatoms. The summed E-state index contributed by atoms with van der Waals surface area (Å²) in [5.41, 5.74) is 1.04. The van der Waals surface area contributed by atoms with Crippen molar-refractivity contribution in [2.45, 2.75) is 31.3 Å². The number of carbonyl (C=O) groups is 1. The summed E-state index contributed by atoms with van der Waals surface area (Å²) in [6.45, 7) is 2.18. The van der Waals surface area contributed by atoms with Crippen LogP contribution in [0, 0.1) is 0 Å².